The summed E-state index contributed by atoms with van der Waals surface area (Å²) in [5, 5.41) is 9.30. The van der Waals surface area contributed by atoms with Gasteiger partial charge >= 0.3 is 0 Å². The highest BCUT2D eigenvalue weighted by atomic mass is 16.5. The third kappa shape index (κ3) is 4.39. The monoisotopic (exact) mass is 270 g/mol. The molecule has 0 atom stereocenters. The van der Waals surface area contributed by atoms with Gasteiger partial charge in [-0.15, -0.1) is 0 Å². The lowest BCUT2D eigenvalue weighted by molar-refractivity contribution is 0.159. The van der Waals surface area contributed by atoms with E-state index in [0.29, 0.717) is 6.61 Å². The first-order valence-corrected chi connectivity index (χ1v) is 6.96. The zero-order valence-corrected chi connectivity index (χ0v) is 12.2. The molecule has 0 heterocycles. The number of rotatable bonds is 6. The fraction of sp³-hybridized carbons (Fsp3) is 0.333. The van der Waals surface area contributed by atoms with E-state index >= 15 is 0 Å². The van der Waals surface area contributed by atoms with E-state index in [9.17, 15) is 5.11 Å². The van der Waals surface area contributed by atoms with E-state index in [1.807, 2.05) is 30.3 Å². The normalized spacial score (nSPS) is 11.3. The van der Waals surface area contributed by atoms with Crippen molar-refractivity contribution in [2.24, 2.45) is 5.41 Å². The van der Waals surface area contributed by atoms with Crippen LogP contribution in [0.1, 0.15) is 25.0 Å². The molecule has 0 saturated carbocycles. The van der Waals surface area contributed by atoms with E-state index in [-0.39, 0.29) is 12.0 Å². The Kier molecular flexibility index (Phi) is 4.80. The molecular formula is C18H22O2. The molecule has 106 valence electrons. The molecule has 20 heavy (non-hydrogen) atoms. The Bertz CT molecular complexity index is 515. The highest BCUT2D eigenvalue weighted by Gasteiger charge is 2.16. The topological polar surface area (TPSA) is 29.5 Å². The van der Waals surface area contributed by atoms with Crippen molar-refractivity contribution >= 4 is 0 Å². The third-order valence-corrected chi connectivity index (χ3v) is 3.28. The van der Waals surface area contributed by atoms with Gasteiger partial charge in [0.2, 0.25) is 0 Å². The van der Waals surface area contributed by atoms with Crippen LogP contribution in [0.5, 0.6) is 5.75 Å². The summed E-state index contributed by atoms with van der Waals surface area (Å²) < 4.78 is 5.75. The zero-order valence-electron chi connectivity index (χ0n) is 12.2. The average molecular weight is 270 g/mol. The van der Waals surface area contributed by atoms with E-state index in [4.69, 9.17) is 4.74 Å². The average Bonchev–Trinajstić information content (AvgIpc) is 2.47. The number of aliphatic hydroxyl groups is 1. The summed E-state index contributed by atoms with van der Waals surface area (Å²) in [5.41, 5.74) is 2.31. The molecule has 0 fully saturated rings. The van der Waals surface area contributed by atoms with Crippen LogP contribution >= 0.6 is 0 Å². The first kappa shape index (κ1) is 14.6. The molecule has 0 aromatic heterocycles. The maximum atomic E-state index is 9.30. The van der Waals surface area contributed by atoms with Gasteiger partial charge in [0.15, 0.2) is 0 Å². The zero-order chi connectivity index (χ0) is 14.4. The van der Waals surface area contributed by atoms with E-state index < -0.39 is 0 Å². The first-order chi connectivity index (χ1) is 9.59. The van der Waals surface area contributed by atoms with Crippen molar-refractivity contribution in [3.05, 3.63) is 65.7 Å². The molecule has 1 N–H and O–H groups in total. The highest BCUT2D eigenvalue weighted by molar-refractivity contribution is 5.28. The Labute approximate surface area is 121 Å². The van der Waals surface area contributed by atoms with Gasteiger partial charge in [-0.3, -0.25) is 0 Å². The van der Waals surface area contributed by atoms with Crippen LogP contribution in [0.2, 0.25) is 0 Å². The molecule has 0 aliphatic rings. The Hall–Kier alpha value is -1.80. The van der Waals surface area contributed by atoms with E-state index in [0.717, 1.165) is 17.7 Å². The van der Waals surface area contributed by atoms with Crippen LogP contribution < -0.4 is 4.74 Å². The predicted octanol–water partition coefficient (Wildman–Crippen LogP) is 3.83. The summed E-state index contributed by atoms with van der Waals surface area (Å²) in [6, 6.07) is 18.3. The van der Waals surface area contributed by atoms with Crippen molar-refractivity contribution in [2.45, 2.75) is 26.9 Å². The lowest BCUT2D eigenvalue weighted by Gasteiger charge is -2.21. The summed E-state index contributed by atoms with van der Waals surface area (Å²) >= 11 is 0. The largest absolute Gasteiger partial charge is 0.489 e. The van der Waals surface area contributed by atoms with Gasteiger partial charge in [0.05, 0.1) is 0 Å². The fourth-order valence-corrected chi connectivity index (χ4v) is 2.05. The van der Waals surface area contributed by atoms with Crippen LogP contribution in [0.15, 0.2) is 54.6 Å². The summed E-state index contributed by atoms with van der Waals surface area (Å²) in [7, 11) is 0. The number of hydrogen-bond donors (Lipinski definition) is 1. The van der Waals surface area contributed by atoms with Crippen LogP contribution in [0.4, 0.5) is 0 Å². The van der Waals surface area contributed by atoms with Crippen molar-refractivity contribution in [1.82, 2.24) is 0 Å². The SMILES string of the molecule is CC(C)(CO)Cc1ccc(OCc2ccccc2)cc1. The van der Waals surface area contributed by atoms with Crippen LogP contribution in [0, 0.1) is 5.41 Å². The van der Waals surface area contributed by atoms with Crippen LogP contribution in [0.25, 0.3) is 0 Å². The molecule has 0 radical (unpaired) electrons. The first-order valence-electron chi connectivity index (χ1n) is 6.96. The van der Waals surface area contributed by atoms with Gasteiger partial charge in [-0.25, -0.2) is 0 Å². The minimum atomic E-state index is -0.0770. The minimum absolute atomic E-state index is 0.0770. The lowest BCUT2D eigenvalue weighted by atomic mass is 9.87. The molecular weight excluding hydrogens is 248 g/mol. The quantitative estimate of drug-likeness (QED) is 0.864. The van der Waals surface area contributed by atoms with Gasteiger partial charge in [0.1, 0.15) is 12.4 Å². The molecule has 2 aromatic rings. The molecule has 2 nitrogen and oxygen atoms in total. The smallest absolute Gasteiger partial charge is 0.119 e. The van der Waals surface area contributed by atoms with Crippen LogP contribution in [0.3, 0.4) is 0 Å². The van der Waals surface area contributed by atoms with E-state index in [1.165, 1.54) is 5.56 Å². The van der Waals surface area contributed by atoms with Gasteiger partial charge < -0.3 is 9.84 Å². The second-order valence-corrected chi connectivity index (χ2v) is 5.92. The molecule has 2 rings (SSSR count). The second-order valence-electron chi connectivity index (χ2n) is 5.92. The number of hydrogen-bond acceptors (Lipinski definition) is 2. The lowest BCUT2D eigenvalue weighted by Crippen LogP contribution is -2.19. The molecule has 0 unspecified atom stereocenters. The van der Waals surface area contributed by atoms with Gasteiger partial charge in [0, 0.05) is 6.61 Å². The molecule has 0 aliphatic heterocycles. The van der Waals surface area contributed by atoms with Crippen molar-refractivity contribution < 1.29 is 9.84 Å². The number of benzene rings is 2. The summed E-state index contributed by atoms with van der Waals surface area (Å²) in [5.74, 6) is 0.874. The third-order valence-electron chi connectivity index (χ3n) is 3.28. The van der Waals surface area contributed by atoms with Crippen LogP contribution in [-0.4, -0.2) is 11.7 Å². The van der Waals surface area contributed by atoms with Crippen molar-refractivity contribution in [2.75, 3.05) is 6.61 Å². The van der Waals surface area contributed by atoms with Crippen molar-refractivity contribution in [3.8, 4) is 5.75 Å². The summed E-state index contributed by atoms with van der Waals surface area (Å²) in [6.45, 7) is 4.90. The number of ether oxygens (including phenoxy) is 1. The second kappa shape index (κ2) is 6.58. The van der Waals surface area contributed by atoms with E-state index in [2.05, 4.69) is 38.1 Å². The maximum absolute atomic E-state index is 9.30. The van der Waals surface area contributed by atoms with Crippen molar-refractivity contribution in [3.63, 3.8) is 0 Å². The van der Waals surface area contributed by atoms with Gasteiger partial charge in [0.25, 0.3) is 0 Å². The Morgan fingerprint density at radius 1 is 0.900 bits per heavy atom. The van der Waals surface area contributed by atoms with E-state index in [1.54, 1.807) is 0 Å². The summed E-state index contributed by atoms with van der Waals surface area (Å²) in [6.07, 6.45) is 0.864. The van der Waals surface area contributed by atoms with Gasteiger partial charge in [-0.2, -0.15) is 0 Å². The molecule has 0 bridgehead atoms. The molecule has 2 heteroatoms. The van der Waals surface area contributed by atoms with Crippen LogP contribution in [-0.2, 0) is 13.0 Å². The summed E-state index contributed by atoms with van der Waals surface area (Å²) in [4.78, 5) is 0. The van der Waals surface area contributed by atoms with Gasteiger partial charge in [-0.1, -0.05) is 56.3 Å². The Balaban J connectivity index is 1.92. The Morgan fingerprint density at radius 3 is 2.15 bits per heavy atom. The standard InChI is InChI=1S/C18H22O2/c1-18(2,14-19)12-15-8-10-17(11-9-15)20-13-16-6-4-3-5-7-16/h3-11,19H,12-14H2,1-2H3. The van der Waals surface area contributed by atoms with Gasteiger partial charge in [-0.05, 0) is 35.1 Å². The van der Waals surface area contributed by atoms with Crippen molar-refractivity contribution in [1.29, 1.82) is 0 Å². The molecule has 0 spiro atoms. The highest BCUT2D eigenvalue weighted by Crippen LogP contribution is 2.22. The Morgan fingerprint density at radius 2 is 1.55 bits per heavy atom. The molecule has 0 saturated heterocycles. The molecule has 2 aromatic carbocycles. The molecule has 0 aliphatic carbocycles. The fourth-order valence-electron chi connectivity index (χ4n) is 2.05. The maximum Gasteiger partial charge on any atom is 0.119 e. The number of aliphatic hydroxyl groups excluding tert-OH is 1. The minimum Gasteiger partial charge on any atom is -0.489 e. The predicted molar refractivity (Wildman–Crippen MR) is 81.8 cm³/mol. The molecule has 0 amide bonds.